The van der Waals surface area contributed by atoms with E-state index >= 15 is 0 Å². The summed E-state index contributed by atoms with van der Waals surface area (Å²) in [5.41, 5.74) is 5.54. The minimum absolute atomic E-state index is 0.228. The molecule has 0 aliphatic heterocycles. The van der Waals surface area contributed by atoms with Gasteiger partial charge in [-0.05, 0) is 58.8 Å². The van der Waals surface area contributed by atoms with Crippen LogP contribution in [0.5, 0.6) is 0 Å². The summed E-state index contributed by atoms with van der Waals surface area (Å²) in [6.07, 6.45) is 1.66. The van der Waals surface area contributed by atoms with E-state index in [0.29, 0.717) is 27.8 Å². The number of benzene rings is 7. The number of imidazole rings is 1. The van der Waals surface area contributed by atoms with Crippen molar-refractivity contribution in [2.24, 2.45) is 0 Å². The van der Waals surface area contributed by atoms with Crippen LogP contribution in [0.15, 0.2) is 138 Å². The predicted octanol–water partition coefficient (Wildman–Crippen LogP) is 12.3. The Morgan fingerprint density at radius 3 is 1.74 bits per heavy atom. The summed E-state index contributed by atoms with van der Waals surface area (Å²) < 4.78 is 84.8. The number of rotatable bonds is 3. The van der Waals surface area contributed by atoms with E-state index in [1.54, 1.807) is 10.7 Å². The molecular weight excluding hydrogens is 734 g/mol. The van der Waals surface area contributed by atoms with Crippen LogP contribution in [0.3, 0.4) is 0 Å². The van der Waals surface area contributed by atoms with Gasteiger partial charge in [0.2, 0.25) is 11.5 Å². The Balaban J connectivity index is 1.23. The Morgan fingerprint density at radius 1 is 0.509 bits per heavy atom. The first kappa shape index (κ1) is 31.8. The molecule has 12 rings (SSSR count). The molecule has 7 aromatic carbocycles. The van der Waals surface area contributed by atoms with Crippen LogP contribution in [0.2, 0.25) is 0 Å². The molecule has 11 heteroatoms. The number of hydrogen-bond donors (Lipinski definition) is 0. The third-order valence-electron chi connectivity index (χ3n) is 11.1. The Kier molecular flexibility index (Phi) is 6.28. The average Bonchev–Trinajstić information content (AvgIpc) is 4.00. The van der Waals surface area contributed by atoms with Crippen molar-refractivity contribution in [3.05, 3.63) is 163 Å². The molecule has 0 spiro atoms. The molecule has 0 fully saturated rings. The van der Waals surface area contributed by atoms with Crippen LogP contribution in [-0.4, -0.2) is 23.7 Å². The zero-order valence-corrected chi connectivity index (χ0v) is 29.2. The van der Waals surface area contributed by atoms with Gasteiger partial charge in [-0.15, -0.1) is 0 Å². The molecule has 5 aromatic heterocycles. The van der Waals surface area contributed by atoms with Crippen molar-refractivity contribution in [3.8, 4) is 22.5 Å². The molecule has 0 aliphatic carbocycles. The van der Waals surface area contributed by atoms with E-state index < -0.39 is 34.6 Å². The number of nitrogens with zero attached hydrogens (tertiary/aromatic N) is 5. The number of aromatic nitrogens is 5. The fourth-order valence-electron chi connectivity index (χ4n) is 8.77. The van der Waals surface area contributed by atoms with Crippen molar-refractivity contribution in [3.63, 3.8) is 0 Å². The van der Waals surface area contributed by atoms with Gasteiger partial charge in [0.25, 0.3) is 0 Å². The van der Waals surface area contributed by atoms with E-state index in [4.69, 9.17) is 9.40 Å². The molecule has 0 amide bonds. The molecule has 0 bridgehead atoms. The molecular formula is C46H22F5N5O. The number of hydrogen-bond acceptors (Lipinski definition) is 3. The summed E-state index contributed by atoms with van der Waals surface area (Å²) in [5, 5.41) is 11.4. The van der Waals surface area contributed by atoms with Crippen molar-refractivity contribution in [2.45, 2.75) is 0 Å². The van der Waals surface area contributed by atoms with Gasteiger partial charge in [-0.1, -0.05) is 84.9 Å². The Bertz CT molecular complexity index is 3680. The lowest BCUT2D eigenvalue weighted by molar-refractivity contribution is 0.381. The van der Waals surface area contributed by atoms with Gasteiger partial charge in [0, 0.05) is 32.6 Å². The number of halogens is 5. The highest BCUT2D eigenvalue weighted by Gasteiger charge is 2.29. The second-order valence-electron chi connectivity index (χ2n) is 14.0. The lowest BCUT2D eigenvalue weighted by Gasteiger charge is -2.14. The van der Waals surface area contributed by atoms with Crippen LogP contribution in [-0.2, 0) is 0 Å². The van der Waals surface area contributed by atoms with E-state index in [1.165, 1.54) is 18.2 Å². The van der Waals surface area contributed by atoms with Crippen molar-refractivity contribution in [2.75, 3.05) is 0 Å². The molecule has 0 radical (unpaired) electrons. The van der Waals surface area contributed by atoms with Gasteiger partial charge in [0.05, 0.1) is 39.5 Å². The third kappa shape index (κ3) is 4.06. The summed E-state index contributed by atoms with van der Waals surface area (Å²) in [5.74, 6) is -10.1. The van der Waals surface area contributed by atoms with Crippen molar-refractivity contribution >= 4 is 82.2 Å². The van der Waals surface area contributed by atoms with Crippen LogP contribution < -0.4 is 0 Å². The summed E-state index contributed by atoms with van der Waals surface area (Å²) in [6, 6.07) is 41.1. The molecule has 0 unspecified atom stereocenters. The topological polar surface area (TPSA) is 53.2 Å². The van der Waals surface area contributed by atoms with E-state index in [2.05, 4.69) is 81.0 Å². The maximum absolute atomic E-state index is 15.0. The van der Waals surface area contributed by atoms with Crippen molar-refractivity contribution in [1.82, 2.24) is 23.7 Å². The largest absolute Gasteiger partial charge is 0.436 e. The predicted molar refractivity (Wildman–Crippen MR) is 212 cm³/mol. The Morgan fingerprint density at radius 2 is 1.07 bits per heavy atom. The van der Waals surface area contributed by atoms with Gasteiger partial charge in [-0.25, -0.2) is 26.9 Å². The summed E-state index contributed by atoms with van der Waals surface area (Å²) in [6.45, 7) is 0. The fourth-order valence-corrected chi connectivity index (χ4v) is 8.77. The van der Waals surface area contributed by atoms with Crippen LogP contribution in [0.4, 0.5) is 22.0 Å². The first-order valence-electron chi connectivity index (χ1n) is 18.1. The van der Waals surface area contributed by atoms with Gasteiger partial charge in [-0.3, -0.25) is 0 Å². The molecule has 12 aromatic rings. The molecule has 0 saturated carbocycles. The Hall–Kier alpha value is -7.53. The van der Waals surface area contributed by atoms with E-state index in [9.17, 15) is 22.0 Å². The fraction of sp³-hybridized carbons (Fsp3) is 0. The highest BCUT2D eigenvalue weighted by atomic mass is 19.2. The smallest absolute Gasteiger partial charge is 0.249 e. The monoisotopic (exact) mass is 755 g/mol. The van der Waals surface area contributed by atoms with Crippen LogP contribution in [0, 0.1) is 29.1 Å². The van der Waals surface area contributed by atoms with Gasteiger partial charge in [-0.2, -0.15) is 9.61 Å². The zero-order chi connectivity index (χ0) is 38.3. The summed E-state index contributed by atoms with van der Waals surface area (Å²) in [4.78, 5) is 5.05. The van der Waals surface area contributed by atoms with E-state index in [-0.39, 0.29) is 11.3 Å². The summed E-state index contributed by atoms with van der Waals surface area (Å²) >= 11 is 0. The van der Waals surface area contributed by atoms with Crippen molar-refractivity contribution < 1.29 is 26.4 Å². The second kappa shape index (κ2) is 11.3. The first-order chi connectivity index (χ1) is 27.9. The third-order valence-corrected chi connectivity index (χ3v) is 11.1. The standard InChI is InChI=1S/C46H22F5N5O/c47-37-34(38(48)40(50)41(51)39(37)49)23-18-19-33-29(22-23)42-46(57-33)56-45(53-42)32(20-21-52-56)55-31-17-9-7-15-28(31)36-26-13-5-4-12-25(26)35-27-14-6-8-16-30(27)54(43(35)44(36)55)24-10-2-1-3-11-24/h1-22H. The lowest BCUT2D eigenvalue weighted by Crippen LogP contribution is -2.03. The van der Waals surface area contributed by atoms with Gasteiger partial charge < -0.3 is 13.6 Å². The minimum Gasteiger partial charge on any atom is -0.436 e. The molecule has 272 valence electrons. The van der Waals surface area contributed by atoms with Crippen LogP contribution in [0.1, 0.15) is 0 Å². The van der Waals surface area contributed by atoms with Gasteiger partial charge in [0.15, 0.2) is 28.9 Å². The number of para-hydroxylation sites is 3. The minimum atomic E-state index is -2.22. The maximum Gasteiger partial charge on any atom is 0.249 e. The highest BCUT2D eigenvalue weighted by molar-refractivity contribution is 6.36. The second-order valence-corrected chi connectivity index (χ2v) is 14.0. The quantitative estimate of drug-likeness (QED) is 0.102. The average molecular weight is 756 g/mol. The number of fused-ring (bicyclic) bond motifs is 15. The lowest BCUT2D eigenvalue weighted by atomic mass is 9.98. The number of furan rings is 1. The molecule has 6 nitrogen and oxygen atoms in total. The summed E-state index contributed by atoms with van der Waals surface area (Å²) in [7, 11) is 0. The molecule has 0 N–H and O–H groups in total. The van der Waals surface area contributed by atoms with Crippen LogP contribution >= 0.6 is 0 Å². The highest BCUT2D eigenvalue weighted by Crippen LogP contribution is 2.47. The molecule has 0 atom stereocenters. The normalized spacial score (nSPS) is 12.3. The van der Waals surface area contributed by atoms with E-state index in [1.807, 2.05) is 42.5 Å². The first-order valence-corrected chi connectivity index (χ1v) is 18.1. The molecule has 0 saturated heterocycles. The van der Waals surface area contributed by atoms with Crippen molar-refractivity contribution in [1.29, 1.82) is 0 Å². The molecule has 57 heavy (non-hydrogen) atoms. The zero-order valence-electron chi connectivity index (χ0n) is 29.2. The van der Waals surface area contributed by atoms with E-state index in [0.717, 1.165) is 60.1 Å². The molecule has 5 heterocycles. The molecule has 0 aliphatic rings. The van der Waals surface area contributed by atoms with Crippen LogP contribution in [0.25, 0.3) is 105 Å². The SMILES string of the molecule is Fc1c(F)c(F)c(-c2ccc3oc4c(nc5c(-n6c7ccccc7c7c8ccccc8c8c9ccccc9n(-c9ccccc9)c8c76)ccnn54)c3c2)c(F)c1F. The Labute approximate surface area is 316 Å². The van der Waals surface area contributed by atoms with Gasteiger partial charge >= 0.3 is 0 Å². The van der Waals surface area contributed by atoms with Gasteiger partial charge in [0.1, 0.15) is 11.1 Å². The maximum atomic E-state index is 15.0.